The van der Waals surface area contributed by atoms with E-state index in [4.69, 9.17) is 0 Å². The van der Waals surface area contributed by atoms with Crippen molar-refractivity contribution in [1.29, 1.82) is 5.26 Å². The van der Waals surface area contributed by atoms with Crippen molar-refractivity contribution in [3.63, 3.8) is 0 Å². The Kier molecular flexibility index (Phi) is 7.97. The lowest BCUT2D eigenvalue weighted by Crippen LogP contribution is -2.41. The van der Waals surface area contributed by atoms with Crippen LogP contribution >= 0.6 is 0 Å². The molecule has 1 N–H and O–H groups in total. The van der Waals surface area contributed by atoms with Gasteiger partial charge in [0, 0.05) is 30.1 Å². The molecule has 3 aromatic rings. The zero-order chi connectivity index (χ0) is 30.4. The molecule has 43 heavy (non-hydrogen) atoms. The van der Waals surface area contributed by atoms with Gasteiger partial charge >= 0.3 is 0 Å². The van der Waals surface area contributed by atoms with Crippen molar-refractivity contribution < 1.29 is 13.2 Å². The molecule has 4 aliphatic rings. The molecule has 2 atom stereocenters. The largest absolute Gasteiger partial charge is 0.363 e. The molecule has 1 aliphatic carbocycles. The number of piperidine rings is 1. The summed E-state index contributed by atoms with van der Waals surface area (Å²) in [6.07, 6.45) is 6.95. The maximum absolute atomic E-state index is 15.9. The molecular formula is C33H39F3N6O. The molecule has 8 bridgehead atoms. The first-order chi connectivity index (χ1) is 20.6. The Morgan fingerprint density at radius 1 is 1.02 bits per heavy atom. The average molecular weight is 593 g/mol. The van der Waals surface area contributed by atoms with Crippen molar-refractivity contribution in [1.82, 2.24) is 19.4 Å². The van der Waals surface area contributed by atoms with Crippen LogP contribution in [0.5, 0.6) is 0 Å². The van der Waals surface area contributed by atoms with E-state index in [2.05, 4.69) is 33.2 Å². The van der Waals surface area contributed by atoms with Crippen LogP contribution in [-0.4, -0.2) is 39.1 Å². The number of aryl methyl sites for hydroxylation is 1. The molecule has 1 aromatic carbocycles. The van der Waals surface area contributed by atoms with Gasteiger partial charge in [0.05, 0.1) is 28.5 Å². The molecule has 0 radical (unpaired) electrons. The number of hydrogen-bond donors (Lipinski definition) is 1. The highest BCUT2D eigenvalue weighted by Gasteiger charge is 2.48. The van der Waals surface area contributed by atoms with Gasteiger partial charge < -0.3 is 10.2 Å². The highest BCUT2D eigenvalue weighted by Crippen LogP contribution is 2.47. The molecule has 1 saturated heterocycles. The molecule has 2 aromatic heterocycles. The summed E-state index contributed by atoms with van der Waals surface area (Å²) in [6.45, 7) is 6.38. The van der Waals surface area contributed by atoms with Crippen LogP contribution in [0.25, 0.3) is 11.0 Å². The van der Waals surface area contributed by atoms with Gasteiger partial charge in [0.1, 0.15) is 23.6 Å². The second-order valence-corrected chi connectivity index (χ2v) is 12.9. The highest BCUT2D eigenvalue weighted by molar-refractivity contribution is 5.87. The predicted octanol–water partition coefficient (Wildman–Crippen LogP) is 6.67. The first kappa shape index (κ1) is 29.6. The molecular weight excluding hydrogens is 553 g/mol. The topological polar surface area (TPSA) is 86.8 Å². The number of nitrogens with one attached hydrogen (secondary N) is 1. The number of pyridine rings is 1. The first-order valence-corrected chi connectivity index (χ1v) is 15.6. The molecule has 0 spiro atoms. The summed E-state index contributed by atoms with van der Waals surface area (Å²) in [6, 6.07) is 7.55. The zero-order valence-electron chi connectivity index (χ0n) is 24.9. The first-order valence-electron chi connectivity index (χ1n) is 15.6. The van der Waals surface area contributed by atoms with Gasteiger partial charge in [-0.3, -0.25) is 9.36 Å². The Bertz CT molecular complexity index is 1600. The van der Waals surface area contributed by atoms with E-state index < -0.39 is 34.7 Å². The van der Waals surface area contributed by atoms with Crippen LogP contribution < -0.4 is 10.9 Å². The fraction of sp³-hybridized carbons (Fsp3) is 0.576. The summed E-state index contributed by atoms with van der Waals surface area (Å²) in [5.74, 6) is -4.34. The zero-order valence-corrected chi connectivity index (χ0v) is 24.9. The fourth-order valence-corrected chi connectivity index (χ4v) is 7.01. The number of halogens is 3. The summed E-state index contributed by atoms with van der Waals surface area (Å²) < 4.78 is 49.3. The SMILES string of the molecule is CC1CCCCCn2c(=O)c(C3(C#N)CC3)cc3c(ncnc32)N[C@H](C)c2cccc(c2F)C(F)(F)C2CCN(CC2)C1. The van der Waals surface area contributed by atoms with Gasteiger partial charge in [0.2, 0.25) is 0 Å². The highest BCUT2D eigenvalue weighted by atomic mass is 19.3. The van der Waals surface area contributed by atoms with E-state index in [-0.39, 0.29) is 11.1 Å². The summed E-state index contributed by atoms with van der Waals surface area (Å²) in [5, 5.41) is 13.7. The number of anilines is 1. The number of benzene rings is 1. The molecule has 0 amide bonds. The van der Waals surface area contributed by atoms with Crippen molar-refractivity contribution in [3.05, 3.63) is 63.5 Å². The van der Waals surface area contributed by atoms with Crippen molar-refractivity contribution in [3.8, 4) is 6.07 Å². The van der Waals surface area contributed by atoms with Crippen molar-refractivity contribution in [2.45, 2.75) is 89.1 Å². The van der Waals surface area contributed by atoms with E-state index in [1.807, 2.05) is 0 Å². The number of alkyl halides is 2. The lowest BCUT2D eigenvalue weighted by molar-refractivity contribution is -0.0886. The van der Waals surface area contributed by atoms with E-state index in [0.717, 1.165) is 32.2 Å². The van der Waals surface area contributed by atoms with Gasteiger partial charge in [-0.1, -0.05) is 38.0 Å². The molecule has 228 valence electrons. The normalized spacial score (nSPS) is 27.2. The number of rotatable bonds is 1. The van der Waals surface area contributed by atoms with Crippen LogP contribution in [0.15, 0.2) is 35.4 Å². The van der Waals surface area contributed by atoms with Gasteiger partial charge in [0.15, 0.2) is 0 Å². The Morgan fingerprint density at radius 2 is 1.79 bits per heavy atom. The van der Waals surface area contributed by atoms with Gasteiger partial charge in [-0.2, -0.15) is 5.26 Å². The predicted molar refractivity (Wildman–Crippen MR) is 159 cm³/mol. The Morgan fingerprint density at radius 3 is 2.51 bits per heavy atom. The van der Waals surface area contributed by atoms with Crippen LogP contribution in [-0.2, 0) is 17.9 Å². The van der Waals surface area contributed by atoms with Crippen LogP contribution in [0.1, 0.15) is 87.9 Å². The van der Waals surface area contributed by atoms with E-state index in [9.17, 15) is 10.1 Å². The number of nitrogens with zero attached hydrogens (tertiary/aromatic N) is 5. The smallest absolute Gasteiger partial charge is 0.278 e. The molecule has 10 heteroatoms. The number of fused-ring (bicyclic) bond motifs is 9. The molecule has 2 fully saturated rings. The second kappa shape index (κ2) is 11.6. The minimum Gasteiger partial charge on any atom is -0.363 e. The molecule has 1 saturated carbocycles. The van der Waals surface area contributed by atoms with Crippen LogP contribution in [0.4, 0.5) is 19.0 Å². The minimum absolute atomic E-state index is 0.116. The molecule has 7 rings (SSSR count). The summed E-state index contributed by atoms with van der Waals surface area (Å²) >= 11 is 0. The van der Waals surface area contributed by atoms with Gasteiger partial charge in [-0.05, 0) is 70.5 Å². The Labute approximate surface area is 250 Å². The third-order valence-corrected chi connectivity index (χ3v) is 9.82. The molecule has 7 nitrogen and oxygen atoms in total. The molecule has 1 unspecified atom stereocenters. The fourth-order valence-electron chi connectivity index (χ4n) is 7.01. The molecule has 3 aliphatic heterocycles. The van der Waals surface area contributed by atoms with E-state index in [1.54, 1.807) is 17.6 Å². The van der Waals surface area contributed by atoms with Gasteiger partial charge in [-0.15, -0.1) is 0 Å². The van der Waals surface area contributed by atoms with Crippen LogP contribution in [0, 0.1) is 29.0 Å². The second-order valence-electron chi connectivity index (χ2n) is 12.9. The van der Waals surface area contributed by atoms with Crippen molar-refractivity contribution in [2.75, 3.05) is 25.0 Å². The maximum Gasteiger partial charge on any atom is 0.278 e. The third-order valence-electron chi connectivity index (χ3n) is 9.82. The van der Waals surface area contributed by atoms with E-state index >= 15 is 13.2 Å². The van der Waals surface area contributed by atoms with Crippen LogP contribution in [0.2, 0.25) is 0 Å². The lowest BCUT2D eigenvalue weighted by Gasteiger charge is -2.37. The summed E-state index contributed by atoms with van der Waals surface area (Å²) in [4.78, 5) is 24.9. The summed E-state index contributed by atoms with van der Waals surface area (Å²) in [7, 11) is 0. The number of nitriles is 1. The van der Waals surface area contributed by atoms with Crippen LogP contribution in [0.3, 0.4) is 0 Å². The third kappa shape index (κ3) is 5.52. The minimum atomic E-state index is -3.29. The standard InChI is InChI=1S/C33H39F3N6O/c1-21-7-4-3-5-14-42-30-25(17-27(31(42)43)32(19-37)12-13-32)29(38-20-39-30)40-22(2)24-8-6-9-26(28(24)34)33(35,36)23-10-15-41(18-21)16-11-23/h6,8-9,17,20-23H,3-5,7,10-16,18H2,1-2H3,(H,38,39,40)/t21?,22-/m1/s1. The van der Waals surface area contributed by atoms with Crippen molar-refractivity contribution >= 4 is 16.9 Å². The Hall–Kier alpha value is -3.45. The van der Waals surface area contributed by atoms with Gasteiger partial charge in [-0.25, -0.2) is 23.1 Å². The van der Waals surface area contributed by atoms with Gasteiger partial charge in [0.25, 0.3) is 11.5 Å². The monoisotopic (exact) mass is 592 g/mol. The Balaban J connectivity index is 1.43. The van der Waals surface area contributed by atoms with E-state index in [0.29, 0.717) is 73.7 Å². The quantitative estimate of drug-likeness (QED) is 0.340. The maximum atomic E-state index is 15.9. The molecule has 5 heterocycles. The number of hydrogen-bond acceptors (Lipinski definition) is 6. The lowest BCUT2D eigenvalue weighted by atomic mass is 9.85. The van der Waals surface area contributed by atoms with Crippen molar-refractivity contribution in [2.24, 2.45) is 11.8 Å². The summed E-state index contributed by atoms with van der Waals surface area (Å²) in [5.41, 5.74) is -0.613. The average Bonchev–Trinajstić information content (AvgIpc) is 3.79. The van der Waals surface area contributed by atoms with E-state index in [1.165, 1.54) is 24.5 Å². The number of aromatic nitrogens is 3.